The van der Waals surface area contributed by atoms with Crippen LogP contribution in [-0.4, -0.2) is 36.0 Å². The molecule has 16 heavy (non-hydrogen) atoms. The van der Waals surface area contributed by atoms with Gasteiger partial charge in [-0.25, -0.2) is 0 Å². The number of hydrogen-bond donors (Lipinski definition) is 0. The number of esters is 1. The minimum atomic E-state index is -0.329. The number of nitrogens with zero attached hydrogens (tertiary/aromatic N) is 1. The molecule has 0 unspecified atom stereocenters. The van der Waals surface area contributed by atoms with Gasteiger partial charge in [0.25, 0.3) is 0 Å². The minimum absolute atomic E-state index is 0.0706. The molecule has 0 aromatic heterocycles. The number of carbonyl (C=O) groups is 2. The number of ether oxygens (including phenoxy) is 1. The van der Waals surface area contributed by atoms with Crippen molar-refractivity contribution in [1.29, 1.82) is 0 Å². The first kappa shape index (κ1) is 12.7. The molecule has 0 saturated heterocycles. The Morgan fingerprint density at radius 2 is 2.00 bits per heavy atom. The van der Waals surface area contributed by atoms with Gasteiger partial charge in [-0.2, -0.15) is 0 Å². The highest BCUT2D eigenvalue weighted by molar-refractivity contribution is 5.91. The Labute approximate surface area is 96.3 Å². The van der Waals surface area contributed by atoms with Crippen molar-refractivity contribution in [2.24, 2.45) is 0 Å². The summed E-state index contributed by atoms with van der Waals surface area (Å²) in [5.74, 6) is -0.416. The molecule has 0 heterocycles. The van der Waals surface area contributed by atoms with Crippen LogP contribution in [0.15, 0.2) is 11.6 Å². The van der Waals surface area contributed by atoms with E-state index in [9.17, 15) is 9.59 Å². The highest BCUT2D eigenvalue weighted by Crippen LogP contribution is 2.27. The molecule has 0 aromatic carbocycles. The first-order valence-corrected chi connectivity index (χ1v) is 5.65. The van der Waals surface area contributed by atoms with Gasteiger partial charge < -0.3 is 9.64 Å². The normalized spacial score (nSPS) is 14.2. The Morgan fingerprint density at radius 1 is 1.38 bits per heavy atom. The SMILES string of the molecule is CCOC(=O)CN(C(=O)C=C(C)C)C1CC1. The summed E-state index contributed by atoms with van der Waals surface area (Å²) in [4.78, 5) is 24.8. The Balaban J connectivity index is 2.57. The largest absolute Gasteiger partial charge is 0.465 e. The highest BCUT2D eigenvalue weighted by Gasteiger charge is 2.33. The molecule has 0 atom stereocenters. The van der Waals surface area contributed by atoms with Gasteiger partial charge in [-0.05, 0) is 33.6 Å². The average Bonchev–Trinajstić information content (AvgIpc) is 2.96. The van der Waals surface area contributed by atoms with Crippen LogP contribution in [-0.2, 0) is 14.3 Å². The molecule has 1 fully saturated rings. The van der Waals surface area contributed by atoms with Gasteiger partial charge in [0.15, 0.2) is 0 Å². The lowest BCUT2D eigenvalue weighted by molar-refractivity contribution is -0.148. The van der Waals surface area contributed by atoms with E-state index in [0.29, 0.717) is 6.61 Å². The van der Waals surface area contributed by atoms with Crippen molar-refractivity contribution in [3.05, 3.63) is 11.6 Å². The molecule has 1 aliphatic rings. The van der Waals surface area contributed by atoms with Crippen LogP contribution in [0.4, 0.5) is 0 Å². The van der Waals surface area contributed by atoms with Crippen LogP contribution in [0, 0.1) is 0 Å². The van der Waals surface area contributed by atoms with Crippen LogP contribution in [0.5, 0.6) is 0 Å². The molecule has 0 aliphatic heterocycles. The molecule has 0 aromatic rings. The van der Waals surface area contributed by atoms with Gasteiger partial charge in [-0.15, -0.1) is 0 Å². The first-order valence-electron chi connectivity index (χ1n) is 5.65. The number of amides is 1. The summed E-state index contributed by atoms with van der Waals surface area (Å²) >= 11 is 0. The van der Waals surface area contributed by atoms with E-state index in [1.807, 2.05) is 13.8 Å². The maximum Gasteiger partial charge on any atom is 0.325 e. The Morgan fingerprint density at radius 3 is 2.44 bits per heavy atom. The van der Waals surface area contributed by atoms with Crippen LogP contribution >= 0.6 is 0 Å². The molecular formula is C12H19NO3. The lowest BCUT2D eigenvalue weighted by Crippen LogP contribution is -2.37. The number of carbonyl (C=O) groups excluding carboxylic acids is 2. The standard InChI is InChI=1S/C12H19NO3/c1-4-16-12(15)8-13(10-5-6-10)11(14)7-9(2)3/h7,10H,4-6,8H2,1-3H3. The average molecular weight is 225 g/mol. The third-order valence-electron chi connectivity index (χ3n) is 2.29. The monoisotopic (exact) mass is 225 g/mol. The van der Waals surface area contributed by atoms with E-state index in [-0.39, 0.29) is 24.5 Å². The molecule has 1 rings (SSSR count). The Hall–Kier alpha value is -1.32. The zero-order valence-corrected chi connectivity index (χ0v) is 10.2. The lowest BCUT2D eigenvalue weighted by atomic mass is 10.3. The van der Waals surface area contributed by atoms with Crippen molar-refractivity contribution in [2.75, 3.05) is 13.2 Å². The van der Waals surface area contributed by atoms with Gasteiger partial charge in [0.2, 0.25) is 5.91 Å². The molecule has 4 nitrogen and oxygen atoms in total. The molecule has 1 aliphatic carbocycles. The summed E-state index contributed by atoms with van der Waals surface area (Å²) in [6.45, 7) is 5.92. The summed E-state index contributed by atoms with van der Waals surface area (Å²) in [5, 5.41) is 0. The van der Waals surface area contributed by atoms with E-state index in [1.165, 1.54) is 0 Å². The van der Waals surface area contributed by atoms with E-state index in [0.717, 1.165) is 18.4 Å². The van der Waals surface area contributed by atoms with E-state index in [4.69, 9.17) is 4.74 Å². The maximum atomic E-state index is 11.8. The van der Waals surface area contributed by atoms with Gasteiger partial charge >= 0.3 is 5.97 Å². The van der Waals surface area contributed by atoms with Crippen molar-refractivity contribution in [3.8, 4) is 0 Å². The molecule has 0 bridgehead atoms. The zero-order valence-electron chi connectivity index (χ0n) is 10.2. The predicted octanol–water partition coefficient (Wildman–Crippen LogP) is 1.51. The van der Waals surface area contributed by atoms with E-state index in [2.05, 4.69) is 0 Å². The number of allylic oxidation sites excluding steroid dienone is 1. The summed E-state index contributed by atoms with van der Waals surface area (Å²) < 4.78 is 4.85. The van der Waals surface area contributed by atoms with Crippen LogP contribution in [0.1, 0.15) is 33.6 Å². The second-order valence-electron chi connectivity index (χ2n) is 4.22. The maximum absolute atomic E-state index is 11.8. The fraction of sp³-hybridized carbons (Fsp3) is 0.667. The quantitative estimate of drug-likeness (QED) is 0.526. The summed E-state index contributed by atoms with van der Waals surface area (Å²) in [6.07, 6.45) is 3.54. The number of rotatable bonds is 5. The molecule has 1 saturated carbocycles. The van der Waals surface area contributed by atoms with E-state index < -0.39 is 0 Å². The second-order valence-corrected chi connectivity index (χ2v) is 4.22. The Kier molecular flexibility index (Phi) is 4.52. The van der Waals surface area contributed by atoms with Crippen molar-refractivity contribution < 1.29 is 14.3 Å². The first-order chi connectivity index (χ1) is 7.54. The van der Waals surface area contributed by atoms with Gasteiger partial charge in [0.05, 0.1) is 6.61 Å². The Bertz CT molecular complexity index is 301. The van der Waals surface area contributed by atoms with Gasteiger partial charge in [0.1, 0.15) is 6.54 Å². The van der Waals surface area contributed by atoms with Crippen molar-refractivity contribution in [2.45, 2.75) is 39.7 Å². The summed E-state index contributed by atoms with van der Waals surface area (Å²) in [5.41, 5.74) is 0.944. The van der Waals surface area contributed by atoms with Crippen LogP contribution in [0.2, 0.25) is 0 Å². The van der Waals surface area contributed by atoms with Crippen LogP contribution < -0.4 is 0 Å². The highest BCUT2D eigenvalue weighted by atomic mass is 16.5. The van der Waals surface area contributed by atoms with Crippen molar-refractivity contribution in [1.82, 2.24) is 4.90 Å². The second kappa shape index (κ2) is 5.68. The van der Waals surface area contributed by atoms with Crippen LogP contribution in [0.3, 0.4) is 0 Å². The molecule has 0 radical (unpaired) electrons. The van der Waals surface area contributed by atoms with Gasteiger partial charge in [0, 0.05) is 12.1 Å². The molecule has 1 amide bonds. The lowest BCUT2D eigenvalue weighted by Gasteiger charge is -2.19. The molecular weight excluding hydrogens is 206 g/mol. The number of hydrogen-bond acceptors (Lipinski definition) is 3. The molecule has 4 heteroatoms. The van der Waals surface area contributed by atoms with Gasteiger partial charge in [-0.1, -0.05) is 5.57 Å². The third-order valence-corrected chi connectivity index (χ3v) is 2.29. The fourth-order valence-electron chi connectivity index (χ4n) is 1.45. The van der Waals surface area contributed by atoms with E-state index in [1.54, 1.807) is 17.9 Å². The summed E-state index contributed by atoms with van der Waals surface area (Å²) in [6, 6.07) is 0.229. The molecule has 90 valence electrons. The zero-order chi connectivity index (χ0) is 12.1. The van der Waals surface area contributed by atoms with Gasteiger partial charge in [-0.3, -0.25) is 9.59 Å². The van der Waals surface area contributed by atoms with Crippen LogP contribution in [0.25, 0.3) is 0 Å². The fourth-order valence-corrected chi connectivity index (χ4v) is 1.45. The minimum Gasteiger partial charge on any atom is -0.465 e. The third kappa shape index (κ3) is 4.04. The molecule has 0 spiro atoms. The molecule has 0 N–H and O–H groups in total. The predicted molar refractivity (Wildman–Crippen MR) is 60.8 cm³/mol. The van der Waals surface area contributed by atoms with Crippen molar-refractivity contribution in [3.63, 3.8) is 0 Å². The summed E-state index contributed by atoms with van der Waals surface area (Å²) in [7, 11) is 0. The smallest absolute Gasteiger partial charge is 0.325 e. The van der Waals surface area contributed by atoms with E-state index >= 15 is 0 Å². The topological polar surface area (TPSA) is 46.6 Å². The van der Waals surface area contributed by atoms with Crippen molar-refractivity contribution >= 4 is 11.9 Å².